The van der Waals surface area contributed by atoms with Crippen LogP contribution in [0.2, 0.25) is 5.02 Å². The van der Waals surface area contributed by atoms with Gasteiger partial charge < -0.3 is 9.64 Å². The lowest BCUT2D eigenvalue weighted by Gasteiger charge is -2.21. The average Bonchev–Trinajstić information content (AvgIpc) is 2.24. The van der Waals surface area contributed by atoms with Crippen LogP contribution in [-0.4, -0.2) is 23.2 Å². The van der Waals surface area contributed by atoms with E-state index < -0.39 is 0 Å². The van der Waals surface area contributed by atoms with E-state index in [2.05, 4.69) is 22.6 Å². The molecule has 0 atom stereocenters. The van der Waals surface area contributed by atoms with Crippen LogP contribution < -0.4 is 4.74 Å². The molecule has 0 fully saturated rings. The summed E-state index contributed by atoms with van der Waals surface area (Å²) in [6, 6.07) is 5.62. The molecule has 0 aliphatic rings. The second-order valence-corrected chi connectivity index (χ2v) is 5.12. The molecule has 0 aromatic heterocycles. The monoisotopic (exact) mass is 369 g/mol. The minimum atomic E-state index is 0.466. The van der Waals surface area contributed by atoms with E-state index in [1.807, 2.05) is 36.9 Å². The Kier molecular flexibility index (Phi) is 5.78. The summed E-state index contributed by atoms with van der Waals surface area (Å²) in [5, 5.41) is 1.05. The third-order valence-electron chi connectivity index (χ3n) is 2.11. The molecule has 0 N–H and O–H groups in total. The van der Waals surface area contributed by atoms with Gasteiger partial charge in [-0.3, -0.25) is 0 Å². The predicted molar refractivity (Wildman–Crippen MR) is 80.3 cm³/mol. The van der Waals surface area contributed by atoms with E-state index in [0.29, 0.717) is 15.9 Å². The van der Waals surface area contributed by atoms with Crippen molar-refractivity contribution in [3.63, 3.8) is 0 Å². The summed E-state index contributed by atoms with van der Waals surface area (Å²) in [4.78, 5) is 1.96. The predicted octanol–water partition coefficient (Wildman–Crippen LogP) is 3.95. The first-order valence-corrected chi connectivity index (χ1v) is 6.86. The molecule has 0 saturated heterocycles. The molecule has 0 radical (unpaired) electrons. The van der Waals surface area contributed by atoms with Crippen molar-refractivity contribution in [1.82, 2.24) is 4.90 Å². The van der Waals surface area contributed by atoms with Crippen LogP contribution in [0.3, 0.4) is 0 Å². The van der Waals surface area contributed by atoms with E-state index in [1.165, 1.54) is 0 Å². The Morgan fingerprint density at radius 1 is 1.44 bits per heavy atom. The molecule has 88 valence electrons. The molecule has 1 aromatic rings. The highest BCUT2D eigenvalue weighted by molar-refractivity contribution is 14.1. The fourth-order valence-electron chi connectivity index (χ4n) is 1.20. The van der Waals surface area contributed by atoms with Gasteiger partial charge in [-0.15, -0.1) is 0 Å². The van der Waals surface area contributed by atoms with Crippen LogP contribution in [0.25, 0.3) is 0 Å². The van der Waals surface area contributed by atoms with Crippen LogP contribution in [-0.2, 0) is 0 Å². The van der Waals surface area contributed by atoms with E-state index >= 15 is 0 Å². The molecule has 0 unspecified atom stereocenters. The molecule has 5 heteroatoms. The summed E-state index contributed by atoms with van der Waals surface area (Å²) in [6.07, 6.45) is 0. The lowest BCUT2D eigenvalue weighted by molar-refractivity contribution is 0.379. The van der Waals surface area contributed by atoms with Gasteiger partial charge in [0.15, 0.2) is 0 Å². The molecule has 1 aromatic carbocycles. The van der Waals surface area contributed by atoms with Gasteiger partial charge in [-0.25, -0.2) is 0 Å². The maximum Gasteiger partial charge on any atom is 0.264 e. The van der Waals surface area contributed by atoms with Gasteiger partial charge in [0.1, 0.15) is 5.75 Å². The number of halogens is 2. The Labute approximate surface area is 120 Å². The second kappa shape index (κ2) is 6.61. The number of benzene rings is 1. The molecule has 0 bridgehead atoms. The lowest BCUT2D eigenvalue weighted by atomic mass is 10.3. The molecular weight excluding hydrogens is 357 g/mol. The number of rotatable bonds is 3. The first kappa shape index (κ1) is 14.0. The zero-order chi connectivity index (χ0) is 12.1. The summed E-state index contributed by atoms with van der Waals surface area (Å²) in [5.74, 6) is 0.610. The van der Waals surface area contributed by atoms with Crippen molar-refractivity contribution in [1.29, 1.82) is 0 Å². The zero-order valence-electron chi connectivity index (χ0n) is 9.17. The fourth-order valence-corrected chi connectivity index (χ4v) is 2.44. The van der Waals surface area contributed by atoms with Gasteiger partial charge >= 0.3 is 0 Å². The van der Waals surface area contributed by atoms with Crippen molar-refractivity contribution < 1.29 is 4.74 Å². The van der Waals surface area contributed by atoms with Gasteiger partial charge in [0, 0.05) is 16.7 Å². The maximum atomic E-state index is 6.06. The van der Waals surface area contributed by atoms with Crippen molar-refractivity contribution in [2.75, 3.05) is 13.1 Å². The minimum absolute atomic E-state index is 0.466. The van der Waals surface area contributed by atoms with Crippen LogP contribution in [0.5, 0.6) is 5.75 Å². The van der Waals surface area contributed by atoms with Crippen LogP contribution in [0, 0.1) is 3.57 Å². The summed E-state index contributed by atoms with van der Waals surface area (Å²) in [5.41, 5.74) is 0. The maximum absolute atomic E-state index is 6.06. The number of nitrogens with zero attached hydrogens (tertiary/aromatic N) is 1. The number of ether oxygens (including phenoxy) is 1. The Hall–Kier alpha value is -0.0700. The van der Waals surface area contributed by atoms with Crippen molar-refractivity contribution >= 4 is 51.6 Å². The van der Waals surface area contributed by atoms with E-state index in [9.17, 15) is 0 Å². The minimum Gasteiger partial charge on any atom is -0.430 e. The molecule has 0 amide bonds. The van der Waals surface area contributed by atoms with Gasteiger partial charge in [-0.2, -0.15) is 0 Å². The summed E-state index contributed by atoms with van der Waals surface area (Å²) >= 11 is 13.4. The Balaban J connectivity index is 2.76. The van der Waals surface area contributed by atoms with E-state index in [-0.39, 0.29) is 0 Å². The van der Waals surface area contributed by atoms with E-state index in [0.717, 1.165) is 16.7 Å². The highest BCUT2D eigenvalue weighted by Gasteiger charge is 2.10. The highest BCUT2D eigenvalue weighted by atomic mass is 127. The van der Waals surface area contributed by atoms with Crippen LogP contribution in [0.1, 0.15) is 13.8 Å². The molecule has 1 rings (SSSR count). The largest absolute Gasteiger partial charge is 0.430 e. The number of hydrogen-bond acceptors (Lipinski definition) is 2. The smallest absolute Gasteiger partial charge is 0.264 e. The van der Waals surface area contributed by atoms with Gasteiger partial charge in [0.2, 0.25) is 0 Å². The summed E-state index contributed by atoms with van der Waals surface area (Å²) in [7, 11) is 0. The summed E-state index contributed by atoms with van der Waals surface area (Å²) < 4.78 is 6.64. The molecule has 16 heavy (non-hydrogen) atoms. The standard InChI is InChI=1S/C11H13ClINOS/c1-3-14(4-2)11(16)15-10-6-5-8(13)7-9(10)12/h5-7H,3-4H2,1-2H3. The van der Waals surface area contributed by atoms with Crippen molar-refractivity contribution in [3.05, 3.63) is 26.8 Å². The van der Waals surface area contributed by atoms with E-state index in [4.69, 9.17) is 28.6 Å². The zero-order valence-corrected chi connectivity index (χ0v) is 12.9. The van der Waals surface area contributed by atoms with Crippen molar-refractivity contribution in [2.45, 2.75) is 13.8 Å². The number of thiocarbonyl (C=S) groups is 1. The van der Waals surface area contributed by atoms with Crippen molar-refractivity contribution in [3.8, 4) is 5.75 Å². The molecule has 0 aliphatic heterocycles. The van der Waals surface area contributed by atoms with Crippen LogP contribution >= 0.6 is 46.4 Å². The van der Waals surface area contributed by atoms with Gasteiger partial charge in [-0.05, 0) is 66.9 Å². The average molecular weight is 370 g/mol. The van der Waals surface area contributed by atoms with Gasteiger partial charge in [0.05, 0.1) is 5.02 Å². The molecule has 0 heterocycles. The molecule has 2 nitrogen and oxygen atoms in total. The molecular formula is C11H13ClINOS. The SMILES string of the molecule is CCN(CC)C(=S)Oc1ccc(I)cc1Cl. The highest BCUT2D eigenvalue weighted by Crippen LogP contribution is 2.26. The quantitative estimate of drug-likeness (QED) is 0.591. The lowest BCUT2D eigenvalue weighted by Crippen LogP contribution is -2.32. The fraction of sp³-hybridized carbons (Fsp3) is 0.364. The third-order valence-corrected chi connectivity index (χ3v) is 3.42. The van der Waals surface area contributed by atoms with Gasteiger partial charge in [0.25, 0.3) is 5.17 Å². The molecule has 0 spiro atoms. The number of hydrogen-bond donors (Lipinski definition) is 0. The first-order valence-electron chi connectivity index (χ1n) is 5.00. The Morgan fingerprint density at radius 2 is 2.06 bits per heavy atom. The molecule has 0 aliphatic carbocycles. The van der Waals surface area contributed by atoms with Crippen LogP contribution in [0.15, 0.2) is 18.2 Å². The normalized spacial score (nSPS) is 10.0. The second-order valence-electron chi connectivity index (χ2n) is 3.12. The van der Waals surface area contributed by atoms with Crippen molar-refractivity contribution in [2.24, 2.45) is 0 Å². The topological polar surface area (TPSA) is 12.5 Å². The Bertz CT molecular complexity index is 382. The summed E-state index contributed by atoms with van der Waals surface area (Å²) in [6.45, 7) is 5.73. The van der Waals surface area contributed by atoms with Gasteiger partial charge in [-0.1, -0.05) is 11.6 Å². The first-order chi connectivity index (χ1) is 7.58. The molecule has 0 saturated carbocycles. The van der Waals surface area contributed by atoms with E-state index in [1.54, 1.807) is 0 Å². The Morgan fingerprint density at radius 3 is 2.56 bits per heavy atom. The third kappa shape index (κ3) is 3.75. The van der Waals surface area contributed by atoms with Crippen LogP contribution in [0.4, 0.5) is 0 Å².